The summed E-state index contributed by atoms with van der Waals surface area (Å²) in [6.07, 6.45) is -0.876. The minimum absolute atomic E-state index is 0.0926. The van der Waals surface area contributed by atoms with Gasteiger partial charge in [0.15, 0.2) is 0 Å². The van der Waals surface area contributed by atoms with E-state index in [0.717, 1.165) is 31.5 Å². The van der Waals surface area contributed by atoms with Gasteiger partial charge in [-0.25, -0.2) is 4.98 Å². The first-order valence-electron chi connectivity index (χ1n) is 45.6. The number of para-hydroxylation sites is 2. The molecule has 6 aromatic rings. The Kier molecular flexibility index (Phi) is 39.7. The van der Waals surface area contributed by atoms with Gasteiger partial charge in [0.1, 0.15) is 96.9 Å². The van der Waals surface area contributed by atoms with Crippen LogP contribution in [0.5, 0.6) is 5.75 Å². The number of rotatable bonds is 28. The van der Waals surface area contributed by atoms with Crippen LogP contribution >= 0.6 is 11.8 Å². The third kappa shape index (κ3) is 30.0. The van der Waals surface area contributed by atoms with Gasteiger partial charge in [-0.1, -0.05) is 88.1 Å². The molecule has 47 nitrogen and oxygen atoms in total. The van der Waals surface area contributed by atoms with E-state index in [1.807, 2.05) is 0 Å². The first-order valence-corrected chi connectivity index (χ1v) is 46.7. The van der Waals surface area contributed by atoms with E-state index in [1.54, 1.807) is 68.6 Å². The molecular weight excluding hydrogens is 1830 g/mol. The Morgan fingerprint density at radius 2 is 1.09 bits per heavy atom. The van der Waals surface area contributed by atoms with E-state index in [1.165, 1.54) is 68.6 Å². The van der Waals surface area contributed by atoms with Gasteiger partial charge in [-0.15, -0.1) is 11.8 Å². The molecular formula is C91H122N22O25S. The van der Waals surface area contributed by atoms with Gasteiger partial charge in [0.25, 0.3) is 0 Å². The fourth-order valence-electron chi connectivity index (χ4n) is 16.9. The van der Waals surface area contributed by atoms with Crippen molar-refractivity contribution in [1.82, 2.24) is 97.2 Å². The second-order valence-electron chi connectivity index (χ2n) is 34.6. The Balaban J connectivity index is 1.12. The molecule has 0 spiro atoms. The Morgan fingerprint density at radius 1 is 0.532 bits per heavy atom. The molecule has 3 aliphatic heterocycles. The fourth-order valence-corrected chi connectivity index (χ4v) is 17.8. The average Bonchev–Trinajstić information content (AvgIpc) is 1.66. The van der Waals surface area contributed by atoms with Gasteiger partial charge < -0.3 is 135 Å². The number of aliphatic carboxylic acids is 3. The highest BCUT2D eigenvalue weighted by atomic mass is 32.2. The molecule has 0 saturated carbocycles. The number of carboxylic acids is 3. The van der Waals surface area contributed by atoms with Crippen molar-refractivity contribution in [2.45, 2.75) is 234 Å². The van der Waals surface area contributed by atoms with Gasteiger partial charge in [-0.05, 0) is 92.9 Å². The summed E-state index contributed by atoms with van der Waals surface area (Å²) in [5, 5.41) is 78.7. The molecule has 752 valence electrons. The quantitative estimate of drug-likeness (QED) is 0.0223. The third-order valence-electron chi connectivity index (χ3n) is 24.4. The number of likely N-dealkylation sites (N-methyl/N-ethyl adjacent to an activating group) is 3. The lowest BCUT2D eigenvalue weighted by Crippen LogP contribution is -2.61. The summed E-state index contributed by atoms with van der Waals surface area (Å²) >= 11 is 0.648. The Labute approximate surface area is 802 Å². The Morgan fingerprint density at radius 3 is 1.73 bits per heavy atom. The monoisotopic (exact) mass is 1950 g/mol. The van der Waals surface area contributed by atoms with Gasteiger partial charge >= 0.3 is 17.9 Å². The van der Waals surface area contributed by atoms with Crippen molar-refractivity contribution < 1.29 is 121 Å². The summed E-state index contributed by atoms with van der Waals surface area (Å²) in [6, 6.07) is -5.25. The van der Waals surface area contributed by atoms with Crippen molar-refractivity contribution in [3.8, 4) is 5.75 Å². The maximum Gasteiger partial charge on any atom is 0.323 e. The minimum atomic E-state index is -2.07. The number of thioether (sulfide) groups is 1. The molecule has 3 aromatic heterocycles. The van der Waals surface area contributed by atoms with E-state index in [0.29, 0.717) is 63.1 Å². The van der Waals surface area contributed by atoms with Crippen molar-refractivity contribution in [3.63, 3.8) is 0 Å². The molecule has 0 radical (unpaired) electrons. The summed E-state index contributed by atoms with van der Waals surface area (Å²) in [4.78, 5) is 303. The minimum Gasteiger partial charge on any atom is -0.508 e. The topological polar surface area (TPSA) is 707 Å². The number of phenols is 1. The number of nitrogens with two attached hydrogens (primary N) is 3. The Bertz CT molecular complexity index is 5480. The lowest BCUT2D eigenvalue weighted by atomic mass is 9.99. The molecule has 23 N–H and O–H groups in total. The standard InChI is InChI=1S/C91H122N22O25S/c1-7-9-19-68-84(131)104-62(37-75(119)120)83(130)107-66(79(126)97-41-73(94)117)45-139-46-74(118)99-63(32-49-23-25-53(114)26-24-49)87(134)108(4)48(3)78(125)105-65(38-76(121)122)90(137)112-31-15-22-69(112)85(132)103-61(35-52-40-95-47-98-52)82(129)101-59(27-28-72(93)116)89(136)113-43-54(115)36-71(113)86(133)102-60(33-50-39-96-57-18-13-11-16-55(50)57)81(128)100-58(29-30-92)80(127)106-64(88(135)110(6)70(20-10-8-2)91(138)109(68)5)34-51-42-111(44-77(123)124)67-21-14-12-17-56(51)67/h11-14,16-18,21,23-26,39-40,42,47-48,54,58-66,68-71,96,114-115H,7-10,15,19-20,22,27-38,41,43-46,92H2,1-6H3,(H2,93,116)(H2,94,117)(H,95,98)(H,97,126)(H,99,118)(H,100,128)(H,101,129)(H,102,133)(H,103,132)(H,104,131)(H,105,125)(H,106,127)(H,107,130)(H,119,120)(H,121,122)(H,123,124)/t48-,54+,58-,59-,60-,61-,62-,63-,64-,65-,66-,68-,69?,70-,71-/m0/s1. The smallest absolute Gasteiger partial charge is 0.323 e. The number of aliphatic hydroxyl groups excluding tert-OH is 1. The van der Waals surface area contributed by atoms with Crippen LogP contribution in [0.15, 0.2) is 97.7 Å². The second-order valence-corrected chi connectivity index (χ2v) is 35.7. The van der Waals surface area contributed by atoms with Gasteiger partial charge in [0.05, 0.1) is 37.6 Å². The number of nitrogens with one attached hydrogen (secondary N) is 12. The SMILES string of the molecule is CCCC[C@H]1C(=O)N(C)[C@@H](CCCC)C(=O)N[C@@H](CC(=O)O)C(=O)N[C@H](C(=O)NCC(N)=O)CSCC(=O)N[C@@H](Cc2ccc(O)cc2)C(=O)N(C)[C@@H](C)C(=O)N[C@@H](CC(=O)O)C(=O)N2CCCC2C(=O)N[C@@H](Cc2cnc[nH]2)C(=O)N[C@@H](CCC(N)=O)C(=O)N2C[C@H](O)C[C@H]2C(=O)N[C@@H](Cc2c[nH]c3ccccc23)C(=O)N[C@@H](CCN)C(=O)N[C@@H](Cc2cn(CC(=O)O)c3ccccc23)C(=O)N1C. The van der Waals surface area contributed by atoms with Crippen LogP contribution in [0.3, 0.4) is 0 Å². The number of aromatic amines is 2. The summed E-state index contributed by atoms with van der Waals surface area (Å²) in [7, 11) is 3.63. The zero-order valence-corrected chi connectivity index (χ0v) is 78.6. The number of carbonyl (C=O) groups is 20. The number of benzene rings is 3. The van der Waals surface area contributed by atoms with Gasteiger partial charge in [0, 0.05) is 125 Å². The number of carboxylic acid groups (broad SMARTS) is 3. The molecule has 9 rings (SSSR count). The molecule has 3 aromatic carbocycles. The molecule has 3 aliphatic rings. The zero-order chi connectivity index (χ0) is 102. The number of H-pyrrole nitrogens is 2. The lowest BCUT2D eigenvalue weighted by molar-refractivity contribution is -0.149. The van der Waals surface area contributed by atoms with Crippen molar-refractivity contribution in [2.75, 3.05) is 58.8 Å². The Hall–Kier alpha value is -14.6. The predicted octanol–water partition coefficient (Wildman–Crippen LogP) is -3.98. The molecule has 0 aliphatic carbocycles. The third-order valence-corrected chi connectivity index (χ3v) is 25.5. The van der Waals surface area contributed by atoms with E-state index in [4.69, 9.17) is 17.2 Å². The molecule has 17 amide bonds. The number of unbranched alkanes of at least 4 members (excludes halogenated alkanes) is 2. The van der Waals surface area contributed by atoms with Crippen LogP contribution in [-0.2, 0) is 128 Å². The molecule has 1 unspecified atom stereocenters. The van der Waals surface area contributed by atoms with Gasteiger partial charge in [-0.3, -0.25) is 95.9 Å². The largest absolute Gasteiger partial charge is 0.508 e. The van der Waals surface area contributed by atoms with Crippen molar-refractivity contribution in [2.24, 2.45) is 17.2 Å². The predicted molar refractivity (Wildman–Crippen MR) is 498 cm³/mol. The lowest BCUT2D eigenvalue weighted by Gasteiger charge is -2.36. The molecule has 48 heteroatoms. The van der Waals surface area contributed by atoms with E-state index in [9.17, 15) is 83.1 Å². The number of aromatic hydroxyl groups is 1. The molecule has 0 bridgehead atoms. The van der Waals surface area contributed by atoms with Gasteiger partial charge in [0.2, 0.25) is 100 Å². The van der Waals surface area contributed by atoms with E-state index >= 15 is 38.4 Å². The second kappa shape index (κ2) is 51.0. The molecule has 15 atom stereocenters. The number of hydrogen-bond donors (Lipinski definition) is 20. The summed E-state index contributed by atoms with van der Waals surface area (Å²) < 4.78 is 1.39. The number of fused-ring (bicyclic) bond motifs is 4. The van der Waals surface area contributed by atoms with Crippen LogP contribution in [-0.4, -0.2) is 337 Å². The zero-order valence-electron chi connectivity index (χ0n) is 77.7. The maximum atomic E-state index is 15.9. The van der Waals surface area contributed by atoms with Crippen molar-refractivity contribution in [1.29, 1.82) is 0 Å². The van der Waals surface area contributed by atoms with E-state index < -0.39 is 285 Å². The number of carbonyl (C=O) groups excluding carboxylic acids is 17. The summed E-state index contributed by atoms with van der Waals surface area (Å²) in [6.45, 7) is 2.19. The highest BCUT2D eigenvalue weighted by Crippen LogP contribution is 2.29. The fraction of sp³-hybridized carbons (Fsp3) is 0.505. The number of imidazole rings is 1. The van der Waals surface area contributed by atoms with Crippen molar-refractivity contribution >= 4 is 152 Å². The van der Waals surface area contributed by atoms with Crippen molar-refractivity contribution in [3.05, 3.63) is 120 Å². The summed E-state index contributed by atoms with van der Waals surface area (Å²) in [5.74, 6) is -24.0. The highest BCUT2D eigenvalue weighted by molar-refractivity contribution is 8.00. The first-order chi connectivity index (χ1) is 66.1. The normalized spacial score (nSPS) is 24.3. The van der Waals surface area contributed by atoms with Gasteiger partial charge in [-0.2, -0.15) is 0 Å². The summed E-state index contributed by atoms with van der Waals surface area (Å²) in [5.41, 5.74) is 19.5. The molecule has 3 fully saturated rings. The maximum absolute atomic E-state index is 15.9. The number of primary amides is 2. The van der Waals surface area contributed by atoms with Crippen LogP contribution in [0.4, 0.5) is 0 Å². The number of hydrogen-bond acceptors (Lipinski definition) is 25. The van der Waals surface area contributed by atoms with E-state index in [2.05, 4.69) is 68.1 Å². The van der Waals surface area contributed by atoms with Crippen LogP contribution in [0.1, 0.15) is 133 Å². The average molecular weight is 1960 g/mol. The van der Waals surface area contributed by atoms with Crippen LogP contribution < -0.4 is 70.4 Å². The number of amides is 17. The van der Waals surface area contributed by atoms with Crippen LogP contribution in [0.2, 0.25) is 0 Å². The number of aliphatic hydroxyl groups is 1. The molecule has 3 saturated heterocycles. The number of aromatic nitrogens is 4. The van der Waals surface area contributed by atoms with Crippen LogP contribution in [0.25, 0.3) is 21.8 Å². The van der Waals surface area contributed by atoms with Crippen LogP contribution in [0, 0.1) is 0 Å². The van der Waals surface area contributed by atoms with E-state index in [-0.39, 0.29) is 82.3 Å². The molecule has 139 heavy (non-hydrogen) atoms. The highest BCUT2D eigenvalue weighted by Gasteiger charge is 2.47. The molecule has 6 heterocycles. The number of phenolic OH excluding ortho intramolecular Hbond substituents is 1. The first kappa shape index (κ1) is 108. The number of nitrogens with zero attached hydrogens (tertiary/aromatic N) is 7.